The molecule has 2 aromatic rings. The minimum atomic E-state index is -0.493. The zero-order chi connectivity index (χ0) is 19.3. The number of anilines is 2. The molecule has 0 aromatic heterocycles. The van der Waals surface area contributed by atoms with Crippen molar-refractivity contribution in [3.8, 4) is 11.5 Å². The molecule has 0 saturated heterocycles. The molecule has 6 heteroatoms. The van der Waals surface area contributed by atoms with Crippen molar-refractivity contribution in [2.45, 2.75) is 26.8 Å². The topological polar surface area (TPSA) is 76.7 Å². The zero-order valence-electron chi connectivity index (χ0n) is 15.7. The van der Waals surface area contributed by atoms with Gasteiger partial charge < -0.3 is 20.1 Å². The Morgan fingerprint density at radius 1 is 1.04 bits per heavy atom. The molecular formula is C20H24N2O4. The average Bonchev–Trinajstić information content (AvgIpc) is 2.62. The number of hydrogen-bond acceptors (Lipinski definition) is 5. The maximum absolute atomic E-state index is 12.5. The molecule has 1 atom stereocenters. The molecule has 6 nitrogen and oxygen atoms in total. The van der Waals surface area contributed by atoms with Gasteiger partial charge in [-0.3, -0.25) is 9.59 Å². The van der Waals surface area contributed by atoms with Crippen molar-refractivity contribution in [1.29, 1.82) is 0 Å². The summed E-state index contributed by atoms with van der Waals surface area (Å²) in [6, 6.07) is 10.0. The van der Waals surface area contributed by atoms with E-state index < -0.39 is 6.04 Å². The summed E-state index contributed by atoms with van der Waals surface area (Å²) in [7, 11) is 3.14. The SMILES string of the molecule is COc1cc(C)c(N[C@@H](C)C(=O)Nc2cccc(C(C)=O)c2)cc1OC. The molecule has 138 valence electrons. The van der Waals surface area contributed by atoms with Gasteiger partial charge in [0.15, 0.2) is 17.3 Å². The third-order valence-electron chi connectivity index (χ3n) is 4.03. The Bertz CT molecular complexity index is 817. The van der Waals surface area contributed by atoms with Crippen LogP contribution in [0.1, 0.15) is 29.8 Å². The van der Waals surface area contributed by atoms with E-state index in [1.807, 2.05) is 13.0 Å². The first-order chi connectivity index (χ1) is 12.3. The lowest BCUT2D eigenvalue weighted by atomic mass is 10.1. The molecule has 0 aliphatic rings. The number of rotatable bonds is 7. The van der Waals surface area contributed by atoms with Gasteiger partial charge in [0.2, 0.25) is 5.91 Å². The zero-order valence-corrected chi connectivity index (χ0v) is 15.7. The van der Waals surface area contributed by atoms with E-state index in [2.05, 4.69) is 10.6 Å². The molecule has 0 aliphatic carbocycles. The van der Waals surface area contributed by atoms with E-state index in [1.165, 1.54) is 6.92 Å². The lowest BCUT2D eigenvalue weighted by Crippen LogP contribution is -2.32. The quantitative estimate of drug-likeness (QED) is 0.741. The molecule has 0 fully saturated rings. The summed E-state index contributed by atoms with van der Waals surface area (Å²) in [6.45, 7) is 5.18. The Hall–Kier alpha value is -3.02. The number of benzene rings is 2. The number of ether oxygens (including phenoxy) is 2. The van der Waals surface area contributed by atoms with Crippen molar-refractivity contribution in [3.63, 3.8) is 0 Å². The average molecular weight is 356 g/mol. The number of aryl methyl sites for hydroxylation is 1. The number of ketones is 1. The maximum atomic E-state index is 12.5. The summed E-state index contributed by atoms with van der Waals surface area (Å²) >= 11 is 0. The van der Waals surface area contributed by atoms with E-state index in [-0.39, 0.29) is 11.7 Å². The Labute approximate surface area is 153 Å². The van der Waals surface area contributed by atoms with Crippen LogP contribution in [0.2, 0.25) is 0 Å². The largest absolute Gasteiger partial charge is 0.493 e. The molecule has 0 aliphatic heterocycles. The Balaban J connectivity index is 2.12. The molecule has 0 saturated carbocycles. The predicted molar refractivity (Wildman–Crippen MR) is 102 cm³/mol. The molecular weight excluding hydrogens is 332 g/mol. The minimum absolute atomic E-state index is 0.0479. The van der Waals surface area contributed by atoms with E-state index in [1.54, 1.807) is 51.5 Å². The standard InChI is InChI=1S/C20H24N2O4/c1-12-9-18(25-4)19(26-5)11-17(12)21-13(2)20(24)22-16-8-6-7-15(10-16)14(3)23/h6-11,13,21H,1-5H3,(H,22,24)/t13-/m0/s1. The Morgan fingerprint density at radius 3 is 2.31 bits per heavy atom. The molecule has 0 unspecified atom stereocenters. The highest BCUT2D eigenvalue weighted by Crippen LogP contribution is 2.33. The van der Waals surface area contributed by atoms with Gasteiger partial charge in [0.05, 0.1) is 14.2 Å². The van der Waals surface area contributed by atoms with E-state index in [4.69, 9.17) is 9.47 Å². The van der Waals surface area contributed by atoms with Crippen molar-refractivity contribution in [2.75, 3.05) is 24.9 Å². The minimum Gasteiger partial charge on any atom is -0.493 e. The van der Waals surface area contributed by atoms with Gasteiger partial charge in [0.25, 0.3) is 0 Å². The number of carbonyl (C=O) groups is 2. The second-order valence-corrected chi connectivity index (χ2v) is 6.01. The van der Waals surface area contributed by atoms with Crippen LogP contribution in [0.4, 0.5) is 11.4 Å². The molecule has 0 spiro atoms. The summed E-state index contributed by atoms with van der Waals surface area (Å²) in [6.07, 6.45) is 0. The molecule has 2 rings (SSSR count). The van der Waals surface area contributed by atoms with Crippen LogP contribution in [-0.2, 0) is 4.79 Å². The number of nitrogens with one attached hydrogen (secondary N) is 2. The van der Waals surface area contributed by atoms with E-state index in [9.17, 15) is 9.59 Å². The van der Waals surface area contributed by atoms with Crippen molar-refractivity contribution in [1.82, 2.24) is 0 Å². The monoisotopic (exact) mass is 356 g/mol. The van der Waals surface area contributed by atoms with Crippen LogP contribution in [0.3, 0.4) is 0 Å². The second kappa shape index (κ2) is 8.38. The van der Waals surface area contributed by atoms with Crippen molar-refractivity contribution in [2.24, 2.45) is 0 Å². The van der Waals surface area contributed by atoms with Gasteiger partial charge in [0.1, 0.15) is 6.04 Å². The summed E-state index contributed by atoms with van der Waals surface area (Å²) in [5.41, 5.74) is 2.85. The van der Waals surface area contributed by atoms with Gasteiger partial charge in [0, 0.05) is 23.0 Å². The number of hydrogen-bond donors (Lipinski definition) is 2. The fourth-order valence-corrected chi connectivity index (χ4v) is 2.50. The van der Waals surface area contributed by atoms with E-state index >= 15 is 0 Å². The van der Waals surface area contributed by atoms with Crippen LogP contribution < -0.4 is 20.1 Å². The Morgan fingerprint density at radius 2 is 1.69 bits per heavy atom. The number of Topliss-reactive ketones (excluding diaryl/α,β-unsaturated/α-hetero) is 1. The first kappa shape index (κ1) is 19.3. The summed E-state index contributed by atoms with van der Waals surface area (Å²) in [5.74, 6) is 0.962. The number of carbonyl (C=O) groups excluding carboxylic acids is 2. The van der Waals surface area contributed by atoms with Crippen LogP contribution in [0.5, 0.6) is 11.5 Å². The fourth-order valence-electron chi connectivity index (χ4n) is 2.50. The molecule has 0 heterocycles. The van der Waals surface area contributed by atoms with Gasteiger partial charge >= 0.3 is 0 Å². The van der Waals surface area contributed by atoms with Gasteiger partial charge in [-0.1, -0.05) is 12.1 Å². The van der Waals surface area contributed by atoms with Crippen LogP contribution in [0, 0.1) is 6.92 Å². The molecule has 0 radical (unpaired) electrons. The first-order valence-corrected chi connectivity index (χ1v) is 8.26. The highest BCUT2D eigenvalue weighted by Gasteiger charge is 2.16. The predicted octanol–water partition coefficient (Wildman–Crippen LogP) is 3.65. The Kier molecular flexibility index (Phi) is 6.22. The summed E-state index contributed by atoms with van der Waals surface area (Å²) < 4.78 is 10.6. The van der Waals surface area contributed by atoms with Crippen molar-refractivity contribution < 1.29 is 19.1 Å². The highest BCUT2D eigenvalue weighted by molar-refractivity contribution is 5.99. The van der Waals surface area contributed by atoms with Crippen LogP contribution in [-0.4, -0.2) is 32.0 Å². The van der Waals surface area contributed by atoms with Gasteiger partial charge in [-0.05, 0) is 44.5 Å². The van der Waals surface area contributed by atoms with Crippen molar-refractivity contribution >= 4 is 23.1 Å². The third kappa shape index (κ3) is 4.53. The first-order valence-electron chi connectivity index (χ1n) is 8.26. The molecule has 2 N–H and O–H groups in total. The normalized spacial score (nSPS) is 11.4. The van der Waals surface area contributed by atoms with Gasteiger partial charge in [-0.15, -0.1) is 0 Å². The summed E-state index contributed by atoms with van der Waals surface area (Å²) in [4.78, 5) is 23.9. The number of methoxy groups -OCH3 is 2. The lowest BCUT2D eigenvalue weighted by molar-refractivity contribution is -0.116. The maximum Gasteiger partial charge on any atom is 0.246 e. The number of amides is 1. The van der Waals surface area contributed by atoms with Gasteiger partial charge in [-0.25, -0.2) is 0 Å². The van der Waals surface area contributed by atoms with E-state index in [0.29, 0.717) is 22.7 Å². The smallest absolute Gasteiger partial charge is 0.246 e. The van der Waals surface area contributed by atoms with Crippen LogP contribution >= 0.6 is 0 Å². The van der Waals surface area contributed by atoms with Gasteiger partial charge in [-0.2, -0.15) is 0 Å². The van der Waals surface area contributed by atoms with Crippen LogP contribution in [0.25, 0.3) is 0 Å². The third-order valence-corrected chi connectivity index (χ3v) is 4.03. The molecule has 0 bridgehead atoms. The molecule has 2 aromatic carbocycles. The molecule has 1 amide bonds. The summed E-state index contributed by atoms with van der Waals surface area (Å²) in [5, 5.41) is 6.00. The lowest BCUT2D eigenvalue weighted by Gasteiger charge is -2.19. The van der Waals surface area contributed by atoms with E-state index in [0.717, 1.165) is 11.3 Å². The fraction of sp³-hybridized carbons (Fsp3) is 0.300. The van der Waals surface area contributed by atoms with Crippen LogP contribution in [0.15, 0.2) is 36.4 Å². The van der Waals surface area contributed by atoms with Crippen molar-refractivity contribution in [3.05, 3.63) is 47.5 Å². The second-order valence-electron chi connectivity index (χ2n) is 6.01. The highest BCUT2D eigenvalue weighted by atomic mass is 16.5. The molecule has 26 heavy (non-hydrogen) atoms.